The fourth-order valence-electron chi connectivity index (χ4n) is 2.43. The summed E-state index contributed by atoms with van der Waals surface area (Å²) in [5.74, 6) is -3.97. The minimum Gasteiger partial charge on any atom is -0.345 e. The molecule has 5 nitrogen and oxygen atoms in total. The Morgan fingerprint density at radius 1 is 0.920 bits per heavy atom. The van der Waals surface area contributed by atoms with Crippen molar-refractivity contribution in [3.05, 3.63) is 66.4 Å². The van der Waals surface area contributed by atoms with E-state index in [4.69, 9.17) is 0 Å². The van der Waals surface area contributed by atoms with Crippen molar-refractivity contribution in [2.45, 2.75) is 0 Å². The standard InChI is InChI=1S/C17H10F3N5/c18-11-6-10(7-12(19)16(11)20)24-17-21-4-3-13(25-17)9-1-2-14-15(5-9)23-8-22-14/h1-8H,(H,22,23)(H,21,24,25). The lowest BCUT2D eigenvalue weighted by atomic mass is 10.1. The van der Waals surface area contributed by atoms with Crippen molar-refractivity contribution < 1.29 is 13.2 Å². The van der Waals surface area contributed by atoms with Gasteiger partial charge in [0.1, 0.15) is 0 Å². The molecule has 25 heavy (non-hydrogen) atoms. The fourth-order valence-corrected chi connectivity index (χ4v) is 2.43. The minimum atomic E-state index is -1.52. The molecule has 0 unspecified atom stereocenters. The molecule has 0 amide bonds. The van der Waals surface area contributed by atoms with Gasteiger partial charge in [-0.25, -0.2) is 28.1 Å². The Morgan fingerprint density at radius 2 is 1.72 bits per heavy atom. The molecule has 0 bridgehead atoms. The van der Waals surface area contributed by atoms with Gasteiger partial charge in [-0.05, 0) is 18.2 Å². The lowest BCUT2D eigenvalue weighted by Crippen LogP contribution is -2.00. The van der Waals surface area contributed by atoms with E-state index in [1.54, 1.807) is 12.4 Å². The number of fused-ring (bicyclic) bond motifs is 1. The van der Waals surface area contributed by atoms with Crippen LogP contribution >= 0.6 is 0 Å². The van der Waals surface area contributed by atoms with Gasteiger partial charge in [-0.2, -0.15) is 0 Å². The summed E-state index contributed by atoms with van der Waals surface area (Å²) in [6.45, 7) is 0. The van der Waals surface area contributed by atoms with Gasteiger partial charge in [-0.15, -0.1) is 0 Å². The number of nitrogens with zero attached hydrogens (tertiary/aromatic N) is 3. The maximum absolute atomic E-state index is 13.3. The summed E-state index contributed by atoms with van der Waals surface area (Å²) < 4.78 is 39.6. The number of benzene rings is 2. The van der Waals surface area contributed by atoms with Crippen molar-refractivity contribution in [1.29, 1.82) is 0 Å². The van der Waals surface area contributed by atoms with Crippen molar-refractivity contribution in [3.63, 3.8) is 0 Å². The van der Waals surface area contributed by atoms with Crippen LogP contribution < -0.4 is 5.32 Å². The van der Waals surface area contributed by atoms with E-state index >= 15 is 0 Å². The average molecular weight is 341 g/mol. The van der Waals surface area contributed by atoms with Gasteiger partial charge in [0.05, 0.1) is 23.1 Å². The molecular formula is C17H10F3N5. The number of anilines is 2. The number of rotatable bonds is 3. The van der Waals surface area contributed by atoms with E-state index in [-0.39, 0.29) is 11.6 Å². The number of imidazole rings is 1. The number of hydrogen-bond acceptors (Lipinski definition) is 4. The van der Waals surface area contributed by atoms with Crippen LogP contribution in [0.25, 0.3) is 22.3 Å². The van der Waals surface area contributed by atoms with E-state index in [0.717, 1.165) is 28.7 Å². The predicted molar refractivity (Wildman–Crippen MR) is 86.7 cm³/mol. The van der Waals surface area contributed by atoms with Gasteiger partial charge in [0.25, 0.3) is 0 Å². The van der Waals surface area contributed by atoms with E-state index in [1.807, 2.05) is 18.2 Å². The third kappa shape index (κ3) is 2.89. The van der Waals surface area contributed by atoms with Gasteiger partial charge in [0, 0.05) is 29.6 Å². The molecule has 124 valence electrons. The zero-order valence-corrected chi connectivity index (χ0v) is 12.6. The number of aromatic amines is 1. The maximum Gasteiger partial charge on any atom is 0.227 e. The summed E-state index contributed by atoms with van der Waals surface area (Å²) in [5, 5.41) is 2.67. The van der Waals surface area contributed by atoms with E-state index < -0.39 is 17.5 Å². The normalized spacial score (nSPS) is 11.0. The number of aromatic nitrogens is 4. The summed E-state index contributed by atoms with van der Waals surface area (Å²) in [7, 11) is 0. The second kappa shape index (κ2) is 5.90. The molecule has 0 saturated carbocycles. The molecule has 0 aliphatic heterocycles. The van der Waals surface area contributed by atoms with Crippen molar-refractivity contribution >= 4 is 22.7 Å². The molecule has 2 aromatic heterocycles. The molecule has 2 N–H and O–H groups in total. The van der Waals surface area contributed by atoms with Crippen LogP contribution in [0.1, 0.15) is 0 Å². The Morgan fingerprint density at radius 3 is 2.52 bits per heavy atom. The highest BCUT2D eigenvalue weighted by Gasteiger charge is 2.11. The van der Waals surface area contributed by atoms with Gasteiger partial charge in [-0.3, -0.25) is 0 Å². The zero-order chi connectivity index (χ0) is 17.4. The third-order valence-corrected chi connectivity index (χ3v) is 3.61. The summed E-state index contributed by atoms with van der Waals surface area (Å²) >= 11 is 0. The highest BCUT2D eigenvalue weighted by molar-refractivity contribution is 5.80. The van der Waals surface area contributed by atoms with Crippen LogP contribution in [0.5, 0.6) is 0 Å². The molecule has 0 spiro atoms. The Labute approximate surface area is 139 Å². The van der Waals surface area contributed by atoms with Crippen molar-refractivity contribution in [3.8, 4) is 11.3 Å². The SMILES string of the molecule is Fc1cc(Nc2nccc(-c3ccc4nc[nH]c4c3)n2)cc(F)c1F. The van der Waals surface area contributed by atoms with E-state index in [9.17, 15) is 13.2 Å². The summed E-state index contributed by atoms with van der Waals surface area (Å²) in [4.78, 5) is 15.5. The molecule has 4 aromatic rings. The second-order valence-electron chi connectivity index (χ2n) is 5.28. The molecular weight excluding hydrogens is 331 g/mol. The van der Waals surface area contributed by atoms with Crippen molar-refractivity contribution in [2.24, 2.45) is 0 Å². The Hall–Kier alpha value is -3.42. The predicted octanol–water partition coefficient (Wildman–Crippen LogP) is 4.18. The van der Waals surface area contributed by atoms with Crippen LogP contribution in [0.2, 0.25) is 0 Å². The molecule has 2 aromatic carbocycles. The number of H-pyrrole nitrogens is 1. The Kier molecular flexibility index (Phi) is 3.57. The molecule has 4 rings (SSSR count). The summed E-state index contributed by atoms with van der Waals surface area (Å²) in [6.07, 6.45) is 3.11. The smallest absolute Gasteiger partial charge is 0.227 e. The van der Waals surface area contributed by atoms with Gasteiger partial charge < -0.3 is 10.3 Å². The van der Waals surface area contributed by atoms with Crippen LogP contribution in [0.15, 0.2) is 48.9 Å². The number of halogens is 3. The number of hydrogen-bond donors (Lipinski definition) is 2. The highest BCUT2D eigenvalue weighted by Crippen LogP contribution is 2.24. The van der Waals surface area contributed by atoms with Crippen LogP contribution in [-0.2, 0) is 0 Å². The van der Waals surface area contributed by atoms with E-state index in [2.05, 4.69) is 25.3 Å². The molecule has 0 saturated heterocycles. The first-order valence-corrected chi connectivity index (χ1v) is 7.28. The molecule has 0 aliphatic carbocycles. The monoisotopic (exact) mass is 341 g/mol. The summed E-state index contributed by atoms with van der Waals surface area (Å²) in [5.41, 5.74) is 3.12. The average Bonchev–Trinajstić information content (AvgIpc) is 3.07. The van der Waals surface area contributed by atoms with E-state index in [0.29, 0.717) is 5.69 Å². The van der Waals surface area contributed by atoms with Gasteiger partial charge in [-0.1, -0.05) is 6.07 Å². The van der Waals surface area contributed by atoms with Gasteiger partial charge in [0.15, 0.2) is 17.5 Å². The molecule has 2 heterocycles. The third-order valence-electron chi connectivity index (χ3n) is 3.61. The van der Waals surface area contributed by atoms with Gasteiger partial charge in [0.2, 0.25) is 5.95 Å². The lowest BCUT2D eigenvalue weighted by Gasteiger charge is -2.07. The molecule has 0 aliphatic rings. The summed E-state index contributed by atoms with van der Waals surface area (Å²) in [6, 6.07) is 8.96. The van der Waals surface area contributed by atoms with Crippen LogP contribution in [0, 0.1) is 17.5 Å². The van der Waals surface area contributed by atoms with Crippen LogP contribution in [-0.4, -0.2) is 19.9 Å². The second-order valence-corrected chi connectivity index (χ2v) is 5.28. The first-order valence-electron chi connectivity index (χ1n) is 7.28. The maximum atomic E-state index is 13.3. The fraction of sp³-hybridized carbons (Fsp3) is 0. The minimum absolute atomic E-state index is 0.0116. The molecule has 8 heteroatoms. The highest BCUT2D eigenvalue weighted by atomic mass is 19.2. The molecule has 0 radical (unpaired) electrons. The molecule has 0 atom stereocenters. The Balaban J connectivity index is 1.67. The van der Waals surface area contributed by atoms with Crippen LogP contribution in [0.4, 0.5) is 24.8 Å². The van der Waals surface area contributed by atoms with Crippen LogP contribution in [0.3, 0.4) is 0 Å². The first-order chi connectivity index (χ1) is 12.1. The lowest BCUT2D eigenvalue weighted by molar-refractivity contribution is 0.448. The topological polar surface area (TPSA) is 66.5 Å². The van der Waals surface area contributed by atoms with E-state index in [1.165, 1.54) is 6.20 Å². The quantitative estimate of drug-likeness (QED) is 0.549. The van der Waals surface area contributed by atoms with Crippen molar-refractivity contribution in [1.82, 2.24) is 19.9 Å². The Bertz CT molecular complexity index is 1050. The first kappa shape index (κ1) is 15.1. The zero-order valence-electron chi connectivity index (χ0n) is 12.6. The molecule has 0 fully saturated rings. The number of nitrogens with one attached hydrogen (secondary N) is 2. The largest absolute Gasteiger partial charge is 0.345 e. The van der Waals surface area contributed by atoms with Gasteiger partial charge >= 0.3 is 0 Å². The van der Waals surface area contributed by atoms with Crippen molar-refractivity contribution in [2.75, 3.05) is 5.32 Å².